The molecule has 0 atom stereocenters. The Morgan fingerprint density at radius 2 is 2.06 bits per heavy atom. The third kappa shape index (κ3) is 3.54. The molecule has 1 heterocycles. The first-order chi connectivity index (χ1) is 7.84. The molecule has 3 heteroatoms. The molecule has 0 radical (unpaired) electrons. The van der Waals surface area contributed by atoms with Crippen molar-refractivity contribution in [1.82, 2.24) is 5.32 Å². The van der Waals surface area contributed by atoms with Crippen molar-refractivity contribution in [3.63, 3.8) is 0 Å². The third-order valence-corrected chi connectivity index (χ3v) is 2.86. The largest absolute Gasteiger partial charge is 0.493 e. The lowest BCUT2D eigenvalue weighted by Crippen LogP contribution is -2.23. The van der Waals surface area contributed by atoms with Crippen LogP contribution in [0.5, 0.6) is 5.75 Å². The van der Waals surface area contributed by atoms with Crippen LogP contribution in [-0.2, 0) is 0 Å². The maximum Gasteiger partial charge on any atom is 0.119 e. The van der Waals surface area contributed by atoms with E-state index in [-0.39, 0.29) is 0 Å². The van der Waals surface area contributed by atoms with Crippen LogP contribution in [0.1, 0.15) is 12.8 Å². The van der Waals surface area contributed by atoms with E-state index in [1.807, 2.05) is 24.3 Å². The van der Waals surface area contributed by atoms with Crippen molar-refractivity contribution in [1.29, 1.82) is 0 Å². The Kier molecular flexibility index (Phi) is 4.25. The minimum atomic E-state index is 0.731. The molecule has 0 aromatic heterocycles. The fraction of sp³-hybridized carbons (Fsp3) is 0.385. The fourth-order valence-electron chi connectivity index (χ4n) is 1.72. The second-order valence-electron chi connectivity index (χ2n) is 3.88. The molecule has 0 spiro atoms. The highest BCUT2D eigenvalue weighted by Crippen LogP contribution is 2.16. The zero-order valence-corrected chi connectivity index (χ0v) is 9.96. The Bertz CT molecular complexity index is 359. The lowest BCUT2D eigenvalue weighted by atomic mass is 10.1. The van der Waals surface area contributed by atoms with Gasteiger partial charge in [0.25, 0.3) is 0 Å². The summed E-state index contributed by atoms with van der Waals surface area (Å²) in [6, 6.07) is 7.49. The van der Waals surface area contributed by atoms with Gasteiger partial charge in [0.05, 0.1) is 6.61 Å². The van der Waals surface area contributed by atoms with E-state index < -0.39 is 0 Å². The first-order valence-corrected chi connectivity index (χ1v) is 5.99. The van der Waals surface area contributed by atoms with Gasteiger partial charge in [-0.25, -0.2) is 0 Å². The van der Waals surface area contributed by atoms with Crippen molar-refractivity contribution in [2.75, 3.05) is 19.7 Å². The predicted octanol–water partition coefficient (Wildman–Crippen LogP) is 3.03. The molecule has 0 saturated heterocycles. The van der Waals surface area contributed by atoms with Crippen LogP contribution in [0.2, 0.25) is 5.02 Å². The van der Waals surface area contributed by atoms with E-state index in [1.54, 1.807) is 0 Å². The van der Waals surface area contributed by atoms with Gasteiger partial charge in [-0.15, -0.1) is 0 Å². The number of halogens is 1. The Balaban J connectivity index is 1.75. The minimum absolute atomic E-state index is 0.731. The fourth-order valence-corrected chi connectivity index (χ4v) is 1.85. The van der Waals surface area contributed by atoms with Gasteiger partial charge in [-0.05, 0) is 37.2 Å². The number of hydrogen-bond donors (Lipinski definition) is 1. The molecule has 2 rings (SSSR count). The van der Waals surface area contributed by atoms with Crippen LogP contribution in [0.3, 0.4) is 0 Å². The van der Waals surface area contributed by atoms with Gasteiger partial charge >= 0.3 is 0 Å². The van der Waals surface area contributed by atoms with Gasteiger partial charge in [-0.2, -0.15) is 0 Å². The predicted molar refractivity (Wildman–Crippen MR) is 67.1 cm³/mol. The third-order valence-electron chi connectivity index (χ3n) is 2.61. The average molecular weight is 238 g/mol. The summed E-state index contributed by atoms with van der Waals surface area (Å²) >= 11 is 5.79. The van der Waals surface area contributed by atoms with E-state index in [9.17, 15) is 0 Å². The maximum atomic E-state index is 5.79. The molecule has 0 amide bonds. The van der Waals surface area contributed by atoms with Crippen LogP contribution in [0.25, 0.3) is 0 Å². The number of ether oxygens (including phenoxy) is 1. The number of rotatable bonds is 4. The van der Waals surface area contributed by atoms with Crippen LogP contribution in [0.4, 0.5) is 0 Å². The van der Waals surface area contributed by atoms with Crippen molar-refractivity contribution in [3.8, 4) is 5.75 Å². The molecule has 1 aromatic rings. The Hall–Kier alpha value is -0.990. The standard InChI is InChI=1S/C13H16ClNO/c14-12-3-5-13(6-4-12)16-9-7-11-2-1-8-15-10-11/h2-6,15H,1,7-10H2. The summed E-state index contributed by atoms with van der Waals surface area (Å²) < 4.78 is 5.64. The van der Waals surface area contributed by atoms with Crippen LogP contribution in [0.15, 0.2) is 35.9 Å². The zero-order valence-electron chi connectivity index (χ0n) is 9.21. The number of nitrogens with one attached hydrogen (secondary N) is 1. The highest BCUT2D eigenvalue weighted by molar-refractivity contribution is 6.30. The molecule has 16 heavy (non-hydrogen) atoms. The summed E-state index contributed by atoms with van der Waals surface area (Å²) in [7, 11) is 0. The summed E-state index contributed by atoms with van der Waals surface area (Å²) in [5.74, 6) is 0.883. The number of hydrogen-bond acceptors (Lipinski definition) is 2. The van der Waals surface area contributed by atoms with Gasteiger partial charge in [0.15, 0.2) is 0 Å². The smallest absolute Gasteiger partial charge is 0.119 e. The monoisotopic (exact) mass is 237 g/mol. The topological polar surface area (TPSA) is 21.3 Å². The summed E-state index contributed by atoms with van der Waals surface area (Å²) in [6.07, 6.45) is 4.44. The minimum Gasteiger partial charge on any atom is -0.493 e. The molecule has 0 fully saturated rings. The lowest BCUT2D eigenvalue weighted by molar-refractivity contribution is 0.319. The van der Waals surface area contributed by atoms with Crippen molar-refractivity contribution in [2.45, 2.75) is 12.8 Å². The van der Waals surface area contributed by atoms with Crippen molar-refractivity contribution < 1.29 is 4.74 Å². The highest BCUT2D eigenvalue weighted by Gasteiger charge is 2.02. The van der Waals surface area contributed by atoms with E-state index in [0.29, 0.717) is 0 Å². The summed E-state index contributed by atoms with van der Waals surface area (Å²) in [4.78, 5) is 0. The van der Waals surface area contributed by atoms with Gasteiger partial charge in [-0.3, -0.25) is 0 Å². The molecule has 0 bridgehead atoms. The van der Waals surface area contributed by atoms with Gasteiger partial charge in [-0.1, -0.05) is 23.3 Å². The summed E-state index contributed by atoms with van der Waals surface area (Å²) in [6.45, 7) is 2.83. The van der Waals surface area contributed by atoms with Crippen LogP contribution in [-0.4, -0.2) is 19.7 Å². The Labute approximate surface area is 101 Å². The maximum absolute atomic E-state index is 5.79. The van der Waals surface area contributed by atoms with E-state index in [1.165, 1.54) is 5.57 Å². The van der Waals surface area contributed by atoms with E-state index >= 15 is 0 Å². The summed E-state index contributed by atoms with van der Waals surface area (Å²) in [5.41, 5.74) is 1.44. The lowest BCUT2D eigenvalue weighted by Gasteiger charge is -2.14. The second-order valence-corrected chi connectivity index (χ2v) is 4.32. The molecule has 0 saturated carbocycles. The van der Waals surface area contributed by atoms with Crippen LogP contribution >= 0.6 is 11.6 Å². The molecule has 1 N–H and O–H groups in total. The molecule has 0 aliphatic carbocycles. The van der Waals surface area contributed by atoms with Crippen LogP contribution < -0.4 is 10.1 Å². The SMILES string of the molecule is Clc1ccc(OCCC2=CCCNC2)cc1. The first kappa shape index (κ1) is 11.5. The Morgan fingerprint density at radius 1 is 1.25 bits per heavy atom. The van der Waals surface area contributed by atoms with Crippen LogP contribution in [0, 0.1) is 0 Å². The van der Waals surface area contributed by atoms with Crippen molar-refractivity contribution in [2.24, 2.45) is 0 Å². The second kappa shape index (κ2) is 5.92. The normalized spacial score (nSPS) is 15.7. The molecular weight excluding hydrogens is 222 g/mol. The van der Waals surface area contributed by atoms with Gasteiger partial charge in [0.1, 0.15) is 5.75 Å². The van der Waals surface area contributed by atoms with Gasteiger partial charge < -0.3 is 10.1 Å². The Morgan fingerprint density at radius 3 is 2.75 bits per heavy atom. The van der Waals surface area contributed by atoms with E-state index in [4.69, 9.17) is 16.3 Å². The molecule has 1 aliphatic heterocycles. The molecule has 86 valence electrons. The van der Waals surface area contributed by atoms with Crippen molar-refractivity contribution in [3.05, 3.63) is 40.9 Å². The summed E-state index contributed by atoms with van der Waals surface area (Å²) in [5, 5.41) is 4.09. The average Bonchev–Trinajstić information content (AvgIpc) is 2.33. The molecule has 2 nitrogen and oxygen atoms in total. The molecule has 0 unspecified atom stereocenters. The van der Waals surface area contributed by atoms with Gasteiger partial charge in [0.2, 0.25) is 0 Å². The number of benzene rings is 1. The molecule has 1 aliphatic rings. The molecular formula is C13H16ClNO. The van der Waals surface area contributed by atoms with E-state index in [2.05, 4.69) is 11.4 Å². The van der Waals surface area contributed by atoms with Crippen molar-refractivity contribution >= 4 is 11.6 Å². The van der Waals surface area contributed by atoms with Gasteiger partial charge in [0, 0.05) is 18.0 Å². The molecule has 1 aromatic carbocycles. The van der Waals surface area contributed by atoms with E-state index in [0.717, 1.165) is 43.3 Å². The zero-order chi connectivity index (χ0) is 11.2. The first-order valence-electron chi connectivity index (χ1n) is 5.61. The quantitative estimate of drug-likeness (QED) is 0.813. The highest BCUT2D eigenvalue weighted by atomic mass is 35.5.